The van der Waals surface area contributed by atoms with Crippen LogP contribution in [-0.4, -0.2) is 30.9 Å². The van der Waals surface area contributed by atoms with Crippen LogP contribution in [0.5, 0.6) is 5.75 Å². The van der Waals surface area contributed by atoms with Crippen LogP contribution in [0.3, 0.4) is 0 Å². The van der Waals surface area contributed by atoms with E-state index >= 15 is 0 Å². The van der Waals surface area contributed by atoms with E-state index in [0.717, 1.165) is 12.3 Å². The van der Waals surface area contributed by atoms with E-state index in [0.29, 0.717) is 19.1 Å². The molecule has 2 N–H and O–H groups in total. The van der Waals surface area contributed by atoms with Crippen LogP contribution in [-0.2, 0) is 0 Å². The number of hydrogen-bond acceptors (Lipinski definition) is 3. The van der Waals surface area contributed by atoms with Crippen molar-refractivity contribution in [1.29, 1.82) is 0 Å². The number of aryl methyl sites for hydroxylation is 1. The van der Waals surface area contributed by atoms with E-state index in [1.165, 1.54) is 5.56 Å². The van der Waals surface area contributed by atoms with Gasteiger partial charge in [0.1, 0.15) is 18.5 Å². The zero-order valence-corrected chi connectivity index (χ0v) is 13.4. The lowest BCUT2D eigenvalue weighted by molar-refractivity contribution is 0.101. The third-order valence-electron chi connectivity index (χ3n) is 3.99. The van der Waals surface area contributed by atoms with E-state index in [1.807, 2.05) is 31.2 Å². The van der Waals surface area contributed by atoms with E-state index in [1.54, 1.807) is 0 Å². The molecule has 3 heteroatoms. The highest BCUT2D eigenvalue weighted by molar-refractivity contribution is 5.26. The van der Waals surface area contributed by atoms with Gasteiger partial charge in [0, 0.05) is 13.1 Å². The molecule has 0 aromatic heterocycles. The van der Waals surface area contributed by atoms with Gasteiger partial charge in [-0.2, -0.15) is 0 Å². The maximum Gasteiger partial charge on any atom is 0.119 e. The van der Waals surface area contributed by atoms with Gasteiger partial charge in [0.2, 0.25) is 0 Å². The minimum atomic E-state index is -0.487. The van der Waals surface area contributed by atoms with E-state index in [9.17, 15) is 5.11 Å². The van der Waals surface area contributed by atoms with Crippen LogP contribution in [0, 0.1) is 18.3 Å². The predicted molar refractivity (Wildman–Crippen MR) is 84.2 cm³/mol. The van der Waals surface area contributed by atoms with Crippen LogP contribution < -0.4 is 10.1 Å². The Balaban J connectivity index is 2.24. The topological polar surface area (TPSA) is 41.5 Å². The van der Waals surface area contributed by atoms with E-state index < -0.39 is 6.10 Å². The molecule has 0 spiro atoms. The summed E-state index contributed by atoms with van der Waals surface area (Å²) in [6.45, 7) is 12.7. The Morgan fingerprint density at radius 1 is 1.20 bits per heavy atom. The molecular formula is C17H29NO2. The van der Waals surface area contributed by atoms with Gasteiger partial charge < -0.3 is 15.2 Å². The Labute approximate surface area is 123 Å². The Bertz CT molecular complexity index is 384. The molecule has 1 aromatic rings. The third kappa shape index (κ3) is 5.93. The molecule has 0 aliphatic rings. The first-order valence-corrected chi connectivity index (χ1v) is 7.39. The summed E-state index contributed by atoms with van der Waals surface area (Å²) < 4.78 is 5.56. The molecule has 0 bridgehead atoms. The quantitative estimate of drug-likeness (QED) is 0.768. The molecule has 0 aliphatic carbocycles. The Morgan fingerprint density at radius 3 is 2.35 bits per heavy atom. The molecule has 114 valence electrons. The molecule has 0 saturated carbocycles. The molecule has 0 saturated heterocycles. The Morgan fingerprint density at radius 2 is 1.80 bits per heavy atom. The minimum absolute atomic E-state index is 0.234. The lowest BCUT2D eigenvalue weighted by Gasteiger charge is -2.30. The fourth-order valence-electron chi connectivity index (χ4n) is 1.65. The van der Waals surface area contributed by atoms with Gasteiger partial charge in [-0.25, -0.2) is 0 Å². The maximum atomic E-state index is 9.91. The average molecular weight is 279 g/mol. The fraction of sp³-hybridized carbons (Fsp3) is 0.647. The van der Waals surface area contributed by atoms with Gasteiger partial charge >= 0.3 is 0 Å². The lowest BCUT2D eigenvalue weighted by atomic mass is 9.81. The molecule has 0 aliphatic heterocycles. The van der Waals surface area contributed by atoms with Crippen molar-refractivity contribution in [3.05, 3.63) is 29.8 Å². The van der Waals surface area contributed by atoms with Crippen LogP contribution in [0.2, 0.25) is 0 Å². The smallest absolute Gasteiger partial charge is 0.119 e. The molecule has 1 atom stereocenters. The molecule has 3 nitrogen and oxygen atoms in total. The normalized spacial score (nSPS) is 13.6. The number of hydrogen-bond donors (Lipinski definition) is 2. The van der Waals surface area contributed by atoms with Gasteiger partial charge in [-0.05, 0) is 30.4 Å². The van der Waals surface area contributed by atoms with Crippen molar-refractivity contribution in [2.45, 2.75) is 40.7 Å². The van der Waals surface area contributed by atoms with Crippen LogP contribution in [0.4, 0.5) is 0 Å². The summed E-state index contributed by atoms with van der Waals surface area (Å²) in [5.41, 5.74) is 1.44. The highest BCUT2D eigenvalue weighted by atomic mass is 16.5. The highest BCUT2D eigenvalue weighted by Crippen LogP contribution is 2.24. The maximum absolute atomic E-state index is 9.91. The lowest BCUT2D eigenvalue weighted by Crippen LogP contribution is -2.39. The number of ether oxygens (including phenoxy) is 1. The SMILES string of the molecule is Cc1ccc(OCC(O)CNCC(C)(C)C(C)C)cc1. The number of rotatable bonds is 8. The standard InChI is InChI=1S/C17H29NO2/c1-13(2)17(4,5)12-18-10-15(19)11-20-16-8-6-14(3)7-9-16/h6-9,13,15,18-19H,10-12H2,1-5H3. The Hall–Kier alpha value is -1.06. The Kier molecular flexibility index (Phi) is 6.50. The number of aliphatic hydroxyl groups excluding tert-OH is 1. The monoisotopic (exact) mass is 279 g/mol. The summed E-state index contributed by atoms with van der Waals surface area (Å²) in [6.07, 6.45) is -0.487. The molecule has 1 unspecified atom stereocenters. The molecule has 20 heavy (non-hydrogen) atoms. The van der Waals surface area contributed by atoms with Crippen molar-refractivity contribution >= 4 is 0 Å². The zero-order valence-electron chi connectivity index (χ0n) is 13.4. The highest BCUT2D eigenvalue weighted by Gasteiger charge is 2.21. The molecule has 1 rings (SSSR count). The fourth-order valence-corrected chi connectivity index (χ4v) is 1.65. The van der Waals surface area contributed by atoms with Gasteiger partial charge in [-0.15, -0.1) is 0 Å². The summed E-state index contributed by atoms with van der Waals surface area (Å²) in [5.74, 6) is 1.41. The first kappa shape index (κ1) is 17.0. The number of aliphatic hydroxyl groups is 1. The molecule has 0 heterocycles. The van der Waals surface area contributed by atoms with Crippen molar-refractivity contribution in [2.24, 2.45) is 11.3 Å². The second kappa shape index (κ2) is 7.65. The molecule has 1 aromatic carbocycles. The van der Waals surface area contributed by atoms with Gasteiger partial charge in [0.15, 0.2) is 0 Å². The molecule has 0 radical (unpaired) electrons. The summed E-state index contributed by atoms with van der Waals surface area (Å²) in [5, 5.41) is 13.2. The van der Waals surface area contributed by atoms with E-state index in [4.69, 9.17) is 4.74 Å². The van der Waals surface area contributed by atoms with Crippen LogP contribution in [0.25, 0.3) is 0 Å². The molecule has 0 fully saturated rings. The summed E-state index contributed by atoms with van der Waals surface area (Å²) in [7, 11) is 0. The minimum Gasteiger partial charge on any atom is -0.491 e. The second-order valence-corrected chi connectivity index (χ2v) is 6.55. The van der Waals surface area contributed by atoms with Crippen molar-refractivity contribution in [2.75, 3.05) is 19.7 Å². The number of nitrogens with one attached hydrogen (secondary N) is 1. The van der Waals surface area contributed by atoms with Crippen molar-refractivity contribution in [3.8, 4) is 5.75 Å². The van der Waals surface area contributed by atoms with Gasteiger partial charge in [0.05, 0.1) is 0 Å². The van der Waals surface area contributed by atoms with Crippen molar-refractivity contribution in [3.63, 3.8) is 0 Å². The largest absolute Gasteiger partial charge is 0.491 e. The van der Waals surface area contributed by atoms with E-state index in [2.05, 4.69) is 33.0 Å². The molecule has 0 amide bonds. The summed E-state index contributed by atoms with van der Waals surface area (Å²) in [4.78, 5) is 0. The van der Waals surface area contributed by atoms with Crippen LogP contribution in [0.1, 0.15) is 33.3 Å². The summed E-state index contributed by atoms with van der Waals surface area (Å²) >= 11 is 0. The van der Waals surface area contributed by atoms with Gasteiger partial charge in [-0.3, -0.25) is 0 Å². The second-order valence-electron chi connectivity index (χ2n) is 6.55. The first-order chi connectivity index (χ1) is 9.31. The zero-order chi connectivity index (χ0) is 15.2. The third-order valence-corrected chi connectivity index (χ3v) is 3.99. The predicted octanol–water partition coefficient (Wildman–Crippen LogP) is 3.01. The number of benzene rings is 1. The van der Waals surface area contributed by atoms with E-state index in [-0.39, 0.29) is 5.41 Å². The summed E-state index contributed by atoms with van der Waals surface area (Å²) in [6, 6.07) is 7.87. The van der Waals surface area contributed by atoms with Crippen LogP contribution >= 0.6 is 0 Å². The average Bonchev–Trinajstić information content (AvgIpc) is 2.37. The van der Waals surface area contributed by atoms with Gasteiger partial charge in [-0.1, -0.05) is 45.4 Å². The van der Waals surface area contributed by atoms with Gasteiger partial charge in [0.25, 0.3) is 0 Å². The van der Waals surface area contributed by atoms with Crippen molar-refractivity contribution < 1.29 is 9.84 Å². The first-order valence-electron chi connectivity index (χ1n) is 7.39. The van der Waals surface area contributed by atoms with Crippen LogP contribution in [0.15, 0.2) is 24.3 Å². The molecular weight excluding hydrogens is 250 g/mol. The van der Waals surface area contributed by atoms with Crippen molar-refractivity contribution in [1.82, 2.24) is 5.32 Å².